The Balaban J connectivity index is 2.16. The molecular formula is C17H16N2O3. The number of ether oxygens (including phenoxy) is 2. The monoisotopic (exact) mass is 296 g/mol. The molecule has 0 saturated heterocycles. The third-order valence-electron chi connectivity index (χ3n) is 3.33. The lowest BCUT2D eigenvalue weighted by Crippen LogP contribution is -2.05. The average Bonchev–Trinajstić information content (AvgIpc) is 2.55. The van der Waals surface area contributed by atoms with Gasteiger partial charge in [-0.25, -0.2) is 9.97 Å². The van der Waals surface area contributed by atoms with Gasteiger partial charge < -0.3 is 14.6 Å². The number of fused-ring (bicyclic) bond motifs is 1. The van der Waals surface area contributed by atoms with Crippen molar-refractivity contribution in [2.24, 2.45) is 0 Å². The normalized spacial score (nSPS) is 10.8. The number of benzene rings is 2. The van der Waals surface area contributed by atoms with Crippen LogP contribution < -0.4 is 4.74 Å². The molecule has 3 aromatic rings. The molecule has 3 rings (SSSR count). The van der Waals surface area contributed by atoms with Crippen molar-refractivity contribution in [3.05, 3.63) is 48.8 Å². The van der Waals surface area contributed by atoms with Gasteiger partial charge in [-0.1, -0.05) is 18.2 Å². The summed E-state index contributed by atoms with van der Waals surface area (Å²) in [6.45, 7) is 0.931. The Morgan fingerprint density at radius 3 is 2.68 bits per heavy atom. The molecule has 0 spiro atoms. The van der Waals surface area contributed by atoms with Crippen molar-refractivity contribution in [1.82, 2.24) is 9.97 Å². The Morgan fingerprint density at radius 1 is 1.00 bits per heavy atom. The molecule has 0 radical (unpaired) electrons. The van der Waals surface area contributed by atoms with E-state index in [0.717, 1.165) is 10.9 Å². The maximum Gasteiger partial charge on any atom is 0.131 e. The fourth-order valence-electron chi connectivity index (χ4n) is 2.31. The van der Waals surface area contributed by atoms with Crippen LogP contribution >= 0.6 is 0 Å². The number of para-hydroxylation sites is 1. The second-order valence-corrected chi connectivity index (χ2v) is 4.73. The Kier molecular flexibility index (Phi) is 4.16. The average molecular weight is 296 g/mol. The van der Waals surface area contributed by atoms with Crippen LogP contribution in [0.1, 0.15) is 0 Å². The van der Waals surface area contributed by atoms with Gasteiger partial charge in [0.1, 0.15) is 24.4 Å². The van der Waals surface area contributed by atoms with Gasteiger partial charge in [0.15, 0.2) is 0 Å². The lowest BCUT2D eigenvalue weighted by Gasteiger charge is -2.12. The molecular weight excluding hydrogens is 280 g/mol. The van der Waals surface area contributed by atoms with E-state index in [1.54, 1.807) is 19.2 Å². The van der Waals surface area contributed by atoms with Crippen LogP contribution in [-0.2, 0) is 4.74 Å². The summed E-state index contributed by atoms with van der Waals surface area (Å²) < 4.78 is 10.8. The molecule has 1 aromatic heterocycles. The highest BCUT2D eigenvalue weighted by Crippen LogP contribution is 2.36. The lowest BCUT2D eigenvalue weighted by molar-refractivity contribution is 0.147. The molecule has 0 aliphatic heterocycles. The van der Waals surface area contributed by atoms with Crippen LogP contribution in [-0.4, -0.2) is 35.4 Å². The maximum atomic E-state index is 10.1. The van der Waals surface area contributed by atoms with E-state index in [1.165, 1.54) is 6.33 Å². The number of aromatic hydroxyl groups is 1. The number of phenols is 1. The van der Waals surface area contributed by atoms with Crippen molar-refractivity contribution >= 4 is 10.9 Å². The molecule has 0 bridgehead atoms. The fraction of sp³-hybridized carbons (Fsp3) is 0.176. The molecule has 0 unspecified atom stereocenters. The maximum absolute atomic E-state index is 10.1. The highest BCUT2D eigenvalue weighted by Gasteiger charge is 2.14. The van der Waals surface area contributed by atoms with Gasteiger partial charge in [0.05, 0.1) is 23.2 Å². The molecule has 22 heavy (non-hydrogen) atoms. The smallest absolute Gasteiger partial charge is 0.131 e. The molecule has 0 fully saturated rings. The quantitative estimate of drug-likeness (QED) is 0.733. The van der Waals surface area contributed by atoms with Crippen molar-refractivity contribution in [3.8, 4) is 22.8 Å². The topological polar surface area (TPSA) is 64.5 Å². The first-order chi connectivity index (χ1) is 10.8. The van der Waals surface area contributed by atoms with Gasteiger partial charge in [-0.15, -0.1) is 0 Å². The minimum absolute atomic E-state index is 0.175. The largest absolute Gasteiger partial charge is 0.507 e. The van der Waals surface area contributed by atoms with Crippen LogP contribution in [0.4, 0.5) is 0 Å². The fourth-order valence-corrected chi connectivity index (χ4v) is 2.31. The predicted molar refractivity (Wildman–Crippen MR) is 84.0 cm³/mol. The van der Waals surface area contributed by atoms with Crippen molar-refractivity contribution in [3.63, 3.8) is 0 Å². The Morgan fingerprint density at radius 2 is 1.86 bits per heavy atom. The molecule has 0 amide bonds. The van der Waals surface area contributed by atoms with Gasteiger partial charge in [0.2, 0.25) is 0 Å². The van der Waals surface area contributed by atoms with Gasteiger partial charge in [-0.3, -0.25) is 0 Å². The molecule has 0 saturated carbocycles. The Bertz CT molecular complexity index is 784. The molecule has 1 heterocycles. The van der Waals surface area contributed by atoms with Crippen LogP contribution in [0.15, 0.2) is 48.8 Å². The molecule has 2 aromatic carbocycles. The summed E-state index contributed by atoms with van der Waals surface area (Å²) in [5, 5.41) is 10.9. The zero-order valence-electron chi connectivity index (χ0n) is 12.2. The van der Waals surface area contributed by atoms with Crippen LogP contribution in [0.25, 0.3) is 22.2 Å². The summed E-state index contributed by atoms with van der Waals surface area (Å²) in [4.78, 5) is 8.63. The number of hydrogen-bond acceptors (Lipinski definition) is 5. The van der Waals surface area contributed by atoms with Crippen LogP contribution in [0, 0.1) is 0 Å². The van der Waals surface area contributed by atoms with Crippen molar-refractivity contribution in [2.75, 3.05) is 20.3 Å². The highest BCUT2D eigenvalue weighted by molar-refractivity contribution is 5.97. The number of phenolic OH excluding ortho intramolecular Hbond substituents is 1. The molecule has 112 valence electrons. The number of nitrogens with zero attached hydrogens (tertiary/aromatic N) is 2. The minimum Gasteiger partial charge on any atom is -0.507 e. The summed E-state index contributed by atoms with van der Waals surface area (Å²) in [6.07, 6.45) is 1.49. The summed E-state index contributed by atoms with van der Waals surface area (Å²) in [5.41, 5.74) is 2.07. The predicted octanol–water partition coefficient (Wildman–Crippen LogP) is 3.03. The second kappa shape index (κ2) is 6.41. The van der Waals surface area contributed by atoms with E-state index in [2.05, 4.69) is 9.97 Å². The molecule has 0 atom stereocenters. The van der Waals surface area contributed by atoms with Crippen LogP contribution in [0.2, 0.25) is 0 Å². The van der Waals surface area contributed by atoms with Gasteiger partial charge in [-0.05, 0) is 24.3 Å². The number of aromatic nitrogens is 2. The second-order valence-electron chi connectivity index (χ2n) is 4.73. The van der Waals surface area contributed by atoms with E-state index in [9.17, 15) is 5.11 Å². The Hall–Kier alpha value is -2.66. The molecule has 1 N–H and O–H groups in total. The van der Waals surface area contributed by atoms with Gasteiger partial charge >= 0.3 is 0 Å². The highest BCUT2D eigenvalue weighted by atomic mass is 16.5. The summed E-state index contributed by atoms with van der Waals surface area (Å²) in [6, 6.07) is 12.7. The summed E-state index contributed by atoms with van der Waals surface area (Å²) in [7, 11) is 1.63. The number of hydrogen-bond donors (Lipinski definition) is 1. The molecule has 0 aliphatic carbocycles. The third-order valence-corrected chi connectivity index (χ3v) is 3.33. The Labute approximate surface area is 128 Å². The first kappa shape index (κ1) is 14.3. The van der Waals surface area contributed by atoms with E-state index < -0.39 is 0 Å². The molecule has 5 nitrogen and oxygen atoms in total. The van der Waals surface area contributed by atoms with Crippen LogP contribution in [0.3, 0.4) is 0 Å². The van der Waals surface area contributed by atoms with Crippen molar-refractivity contribution in [2.45, 2.75) is 0 Å². The van der Waals surface area contributed by atoms with E-state index >= 15 is 0 Å². The molecule has 5 heteroatoms. The summed E-state index contributed by atoms with van der Waals surface area (Å²) >= 11 is 0. The van der Waals surface area contributed by atoms with Gasteiger partial charge in [-0.2, -0.15) is 0 Å². The lowest BCUT2D eigenvalue weighted by atomic mass is 10.0. The van der Waals surface area contributed by atoms with E-state index in [-0.39, 0.29) is 5.75 Å². The van der Waals surface area contributed by atoms with E-state index in [0.29, 0.717) is 30.2 Å². The SMILES string of the molecule is COCCOc1cccc2ncnc(-c3ccccc3O)c12. The van der Waals surface area contributed by atoms with E-state index in [4.69, 9.17) is 9.47 Å². The third kappa shape index (κ3) is 2.71. The standard InChI is InChI=1S/C17H16N2O3/c1-21-9-10-22-15-8-4-6-13-16(15)17(19-11-18-13)12-5-2-3-7-14(12)20/h2-8,11,20H,9-10H2,1H3. The van der Waals surface area contributed by atoms with Crippen LogP contribution in [0.5, 0.6) is 11.5 Å². The summed E-state index contributed by atoms with van der Waals surface area (Å²) in [5.74, 6) is 0.850. The zero-order chi connectivity index (χ0) is 15.4. The van der Waals surface area contributed by atoms with E-state index in [1.807, 2.05) is 30.3 Å². The zero-order valence-corrected chi connectivity index (χ0v) is 12.2. The van der Waals surface area contributed by atoms with Gasteiger partial charge in [0, 0.05) is 12.7 Å². The number of rotatable bonds is 5. The van der Waals surface area contributed by atoms with Crippen molar-refractivity contribution < 1.29 is 14.6 Å². The van der Waals surface area contributed by atoms with Gasteiger partial charge in [0.25, 0.3) is 0 Å². The number of methoxy groups -OCH3 is 1. The molecule has 0 aliphatic rings. The first-order valence-corrected chi connectivity index (χ1v) is 6.95. The minimum atomic E-state index is 0.175. The van der Waals surface area contributed by atoms with Crippen molar-refractivity contribution in [1.29, 1.82) is 0 Å². The first-order valence-electron chi connectivity index (χ1n) is 6.95.